The molecule has 4 aromatic rings. The zero-order valence-corrected chi connectivity index (χ0v) is 25.4. The average molecular weight is 620 g/mol. The number of piperazine rings is 1. The predicted octanol–water partition coefficient (Wildman–Crippen LogP) is 4.57. The van der Waals surface area contributed by atoms with E-state index in [2.05, 4.69) is 24.6 Å². The van der Waals surface area contributed by atoms with E-state index in [-0.39, 0.29) is 23.2 Å². The molecule has 12 nitrogen and oxygen atoms in total. The van der Waals surface area contributed by atoms with Crippen molar-refractivity contribution in [1.82, 2.24) is 19.9 Å². The molecule has 2 aromatic carbocycles. The third-order valence-corrected chi connectivity index (χ3v) is 8.26. The number of sulfonamides is 1. The number of hydrogen-bond acceptors (Lipinski definition) is 10. The van der Waals surface area contributed by atoms with Crippen molar-refractivity contribution in [2.45, 2.75) is 31.3 Å². The molecule has 1 N–H and O–H groups in total. The van der Waals surface area contributed by atoms with Gasteiger partial charge in [0.15, 0.2) is 0 Å². The summed E-state index contributed by atoms with van der Waals surface area (Å²) in [5, 5.41) is 10.1. The van der Waals surface area contributed by atoms with E-state index in [0.717, 1.165) is 11.5 Å². The molecule has 0 saturated carbocycles. The summed E-state index contributed by atoms with van der Waals surface area (Å²) in [5.41, 5.74) is 0.943. The number of amides is 1. The van der Waals surface area contributed by atoms with E-state index in [0.29, 0.717) is 48.6 Å². The molecule has 228 valence electrons. The summed E-state index contributed by atoms with van der Waals surface area (Å²) < 4.78 is 54.1. The standard InChI is InChI=1S/C30H30FN7O5S/c1-30(2,3)43-29(39)38-12-10-37(11-13-38)27-22-14-19(8-9-24(22)34-18-35-27)21-15-25(28(42-4)33-17-21)36-44(40,41)26-20(16-32)6-5-7-23(26)31/h5-9,14-15,17-18,36H,10-13H2,1-4H3. The predicted molar refractivity (Wildman–Crippen MR) is 161 cm³/mol. The number of ether oxygens (including phenoxy) is 2. The highest BCUT2D eigenvalue weighted by Gasteiger charge is 2.28. The second-order valence-corrected chi connectivity index (χ2v) is 12.6. The molecule has 0 aliphatic carbocycles. The Bertz CT molecular complexity index is 1880. The number of fused-ring (bicyclic) bond motifs is 1. The number of carbonyl (C=O) groups is 1. The Kier molecular flexibility index (Phi) is 8.25. The molecule has 0 radical (unpaired) electrons. The summed E-state index contributed by atoms with van der Waals surface area (Å²) in [7, 11) is -3.20. The molecule has 1 saturated heterocycles. The number of nitrogens with zero attached hydrogens (tertiary/aromatic N) is 6. The van der Waals surface area contributed by atoms with E-state index < -0.39 is 26.3 Å². The number of carbonyl (C=O) groups excluding carboxylic acids is 1. The molecule has 1 aliphatic heterocycles. The van der Waals surface area contributed by atoms with Gasteiger partial charge in [-0.1, -0.05) is 12.1 Å². The Morgan fingerprint density at radius 1 is 1.05 bits per heavy atom. The summed E-state index contributed by atoms with van der Waals surface area (Å²) in [5.74, 6) is -0.417. The highest BCUT2D eigenvalue weighted by atomic mass is 32.2. The van der Waals surface area contributed by atoms with Crippen molar-refractivity contribution in [3.05, 3.63) is 66.4 Å². The summed E-state index contributed by atoms with van der Waals surface area (Å²) in [6.07, 6.45) is 2.65. The summed E-state index contributed by atoms with van der Waals surface area (Å²) in [4.78, 5) is 28.7. The Hall–Kier alpha value is -5.03. The first-order valence-corrected chi connectivity index (χ1v) is 15.1. The summed E-state index contributed by atoms with van der Waals surface area (Å²) in [6, 6.07) is 12.2. The maximum Gasteiger partial charge on any atom is 0.410 e. The fourth-order valence-electron chi connectivity index (χ4n) is 4.81. The highest BCUT2D eigenvalue weighted by Crippen LogP contribution is 2.34. The van der Waals surface area contributed by atoms with Crippen LogP contribution in [0.2, 0.25) is 0 Å². The molecule has 44 heavy (non-hydrogen) atoms. The smallest absolute Gasteiger partial charge is 0.410 e. The van der Waals surface area contributed by atoms with Gasteiger partial charge in [0.25, 0.3) is 10.0 Å². The molecule has 0 spiro atoms. The number of benzene rings is 2. The van der Waals surface area contributed by atoms with Crippen LogP contribution in [-0.2, 0) is 14.8 Å². The van der Waals surface area contributed by atoms with Gasteiger partial charge in [-0.3, -0.25) is 4.72 Å². The van der Waals surface area contributed by atoms with Crippen LogP contribution in [0, 0.1) is 17.1 Å². The van der Waals surface area contributed by atoms with Gasteiger partial charge in [-0.25, -0.2) is 32.6 Å². The van der Waals surface area contributed by atoms with Crippen LogP contribution in [0.15, 0.2) is 59.9 Å². The fraction of sp³-hybridized carbons (Fsp3) is 0.300. The molecule has 2 aromatic heterocycles. The molecule has 3 heterocycles. The second-order valence-electron chi connectivity index (χ2n) is 11.0. The summed E-state index contributed by atoms with van der Waals surface area (Å²) in [6.45, 7) is 7.47. The zero-order chi connectivity index (χ0) is 31.6. The van der Waals surface area contributed by atoms with Gasteiger partial charge in [0.2, 0.25) is 5.88 Å². The zero-order valence-electron chi connectivity index (χ0n) is 24.5. The van der Waals surface area contributed by atoms with Gasteiger partial charge in [-0.15, -0.1) is 0 Å². The van der Waals surface area contributed by atoms with Crippen LogP contribution in [0.4, 0.5) is 20.7 Å². The highest BCUT2D eigenvalue weighted by molar-refractivity contribution is 7.92. The van der Waals surface area contributed by atoms with Crippen molar-refractivity contribution < 1.29 is 27.1 Å². The maximum absolute atomic E-state index is 14.6. The van der Waals surface area contributed by atoms with Gasteiger partial charge in [0, 0.05) is 43.3 Å². The number of hydrogen-bond donors (Lipinski definition) is 1. The number of halogens is 1. The van der Waals surface area contributed by atoms with Crippen LogP contribution in [-0.4, -0.2) is 73.3 Å². The molecule has 5 rings (SSSR count). The normalized spacial score (nSPS) is 13.8. The SMILES string of the molecule is COc1ncc(-c2ccc3ncnc(N4CCN(C(=O)OC(C)(C)C)CC4)c3c2)cc1NS(=O)(=O)c1c(F)cccc1C#N. The largest absolute Gasteiger partial charge is 0.480 e. The van der Waals surface area contributed by atoms with Gasteiger partial charge in [0.05, 0.1) is 18.2 Å². The van der Waals surface area contributed by atoms with Crippen molar-refractivity contribution >= 4 is 38.5 Å². The van der Waals surface area contributed by atoms with E-state index in [1.54, 1.807) is 11.0 Å². The van der Waals surface area contributed by atoms with Crippen molar-refractivity contribution in [2.75, 3.05) is 42.9 Å². The number of aromatic nitrogens is 3. The minimum absolute atomic E-state index is 0.0416. The van der Waals surface area contributed by atoms with E-state index in [9.17, 15) is 22.9 Å². The number of rotatable bonds is 6. The Morgan fingerprint density at radius 3 is 2.48 bits per heavy atom. The van der Waals surface area contributed by atoms with E-state index in [1.165, 1.54) is 37.8 Å². The monoisotopic (exact) mass is 619 g/mol. The van der Waals surface area contributed by atoms with E-state index in [1.807, 2.05) is 39.0 Å². The molecule has 1 fully saturated rings. The third kappa shape index (κ3) is 6.32. The van der Waals surface area contributed by atoms with Gasteiger partial charge in [-0.05, 0) is 56.7 Å². The topological polar surface area (TPSA) is 151 Å². The average Bonchev–Trinajstić information content (AvgIpc) is 2.99. The van der Waals surface area contributed by atoms with Crippen LogP contribution < -0.4 is 14.4 Å². The fourth-order valence-corrected chi connectivity index (χ4v) is 6.08. The number of methoxy groups -OCH3 is 1. The first-order valence-electron chi connectivity index (χ1n) is 13.6. The minimum atomic E-state index is -4.53. The van der Waals surface area contributed by atoms with Crippen molar-refractivity contribution in [3.8, 4) is 23.1 Å². The number of nitrogens with one attached hydrogen (secondary N) is 1. The molecular weight excluding hydrogens is 589 g/mol. The van der Waals surface area contributed by atoms with Crippen molar-refractivity contribution in [2.24, 2.45) is 0 Å². The van der Waals surface area contributed by atoms with Crippen LogP contribution in [0.25, 0.3) is 22.0 Å². The molecule has 14 heteroatoms. The van der Waals surface area contributed by atoms with Gasteiger partial charge in [-0.2, -0.15) is 5.26 Å². The molecule has 1 amide bonds. The van der Waals surface area contributed by atoms with E-state index >= 15 is 0 Å². The Labute approximate surface area is 254 Å². The quantitative estimate of drug-likeness (QED) is 0.325. The number of anilines is 2. The van der Waals surface area contributed by atoms with Crippen LogP contribution in [0.5, 0.6) is 5.88 Å². The molecular formula is C30H30FN7O5S. The minimum Gasteiger partial charge on any atom is -0.480 e. The van der Waals surface area contributed by atoms with Crippen molar-refractivity contribution in [1.29, 1.82) is 5.26 Å². The number of pyridine rings is 1. The molecule has 0 bridgehead atoms. The van der Waals surface area contributed by atoms with E-state index in [4.69, 9.17) is 9.47 Å². The lowest BCUT2D eigenvalue weighted by Crippen LogP contribution is -2.50. The maximum atomic E-state index is 14.6. The first kappa shape index (κ1) is 30.4. The van der Waals surface area contributed by atoms with Gasteiger partial charge in [0.1, 0.15) is 40.2 Å². The first-order chi connectivity index (χ1) is 20.9. The van der Waals surface area contributed by atoms with Crippen molar-refractivity contribution in [3.63, 3.8) is 0 Å². The molecule has 1 aliphatic rings. The Balaban J connectivity index is 1.45. The lowest BCUT2D eigenvalue weighted by atomic mass is 10.0. The number of nitriles is 1. The second kappa shape index (κ2) is 11.9. The summed E-state index contributed by atoms with van der Waals surface area (Å²) >= 11 is 0. The lowest BCUT2D eigenvalue weighted by molar-refractivity contribution is 0.0240. The lowest BCUT2D eigenvalue weighted by Gasteiger charge is -2.36. The Morgan fingerprint density at radius 2 is 1.80 bits per heavy atom. The van der Waals surface area contributed by atoms with Crippen LogP contribution in [0.3, 0.4) is 0 Å². The third-order valence-electron chi connectivity index (χ3n) is 6.82. The van der Waals surface area contributed by atoms with Gasteiger partial charge < -0.3 is 19.3 Å². The molecule has 0 unspecified atom stereocenters. The van der Waals surface area contributed by atoms with Crippen LogP contribution in [0.1, 0.15) is 26.3 Å². The molecule has 0 atom stereocenters. The van der Waals surface area contributed by atoms with Crippen LogP contribution >= 0.6 is 0 Å². The van der Waals surface area contributed by atoms with Gasteiger partial charge >= 0.3 is 6.09 Å².